The highest BCUT2D eigenvalue weighted by Gasteiger charge is 2.24. The monoisotopic (exact) mass is 619 g/mol. The van der Waals surface area contributed by atoms with E-state index in [0.717, 1.165) is 0 Å². The second-order valence-electron chi connectivity index (χ2n) is 10.3. The van der Waals surface area contributed by atoms with Crippen molar-refractivity contribution in [2.24, 2.45) is 11.7 Å². The molecule has 0 fully saturated rings. The number of aromatic nitrogens is 1. The molecule has 43 heavy (non-hydrogen) atoms. The highest BCUT2D eigenvalue weighted by molar-refractivity contribution is 6.31. The van der Waals surface area contributed by atoms with E-state index in [-0.39, 0.29) is 42.4 Å². The Kier molecular flexibility index (Phi) is 12.6. The van der Waals surface area contributed by atoms with Crippen LogP contribution in [0.25, 0.3) is 10.8 Å². The molecule has 232 valence electrons. The summed E-state index contributed by atoms with van der Waals surface area (Å²) in [6, 6.07) is 8.69. The number of anilines is 1. The van der Waals surface area contributed by atoms with Crippen LogP contribution in [0.15, 0.2) is 48.7 Å². The van der Waals surface area contributed by atoms with Crippen LogP contribution in [0, 0.1) is 17.6 Å². The smallest absolute Gasteiger partial charge is 0.412 e. The first kappa shape index (κ1) is 33.6. The minimum Gasteiger partial charge on any atom is -0.465 e. The number of carbonyl (C=O) groups is 3. The van der Waals surface area contributed by atoms with Crippen LogP contribution in [-0.4, -0.2) is 53.3 Å². The van der Waals surface area contributed by atoms with Crippen molar-refractivity contribution in [2.75, 3.05) is 18.5 Å². The number of unbranched alkanes of at least 4 members (excludes halogenated alkanes) is 1. The van der Waals surface area contributed by atoms with Gasteiger partial charge >= 0.3 is 12.1 Å². The predicted octanol–water partition coefficient (Wildman–Crippen LogP) is 5.33. The summed E-state index contributed by atoms with van der Waals surface area (Å²) in [5.74, 6) is -1.80. The van der Waals surface area contributed by atoms with Gasteiger partial charge < -0.3 is 15.2 Å². The summed E-state index contributed by atoms with van der Waals surface area (Å²) >= 11 is 6.07. The molecule has 10 nitrogen and oxygen atoms in total. The van der Waals surface area contributed by atoms with Gasteiger partial charge in [0.05, 0.1) is 17.7 Å². The molecule has 2 atom stereocenters. The van der Waals surface area contributed by atoms with Gasteiger partial charge in [-0.25, -0.2) is 24.0 Å². The summed E-state index contributed by atoms with van der Waals surface area (Å²) in [6.45, 7) is 4.93. The highest BCUT2D eigenvalue weighted by atomic mass is 35.5. The van der Waals surface area contributed by atoms with Crippen LogP contribution < -0.4 is 16.5 Å². The summed E-state index contributed by atoms with van der Waals surface area (Å²) < 4.78 is 38.2. The second kappa shape index (κ2) is 16.1. The standard InChI is InChI=1S/C30H36ClF2N5O5/c1-18(2)28(34)29(40)42-12-5-4-8-24(38(19(3)39)36-16-21-7-6-9-25(33)27(21)31)17-43-30(41)37-26-14-22-13-23(32)11-10-20(22)15-35-26/h6-7,9-11,13-15,18,24,28,36H,4-5,8,12,16-17,34H2,1-3H3,(H,35,37,41)/t24-,28-/m0/s1. The number of hydrogen-bond acceptors (Lipinski definition) is 8. The quantitative estimate of drug-likeness (QED) is 0.125. The van der Waals surface area contributed by atoms with Crippen molar-refractivity contribution in [3.63, 3.8) is 0 Å². The van der Waals surface area contributed by atoms with Crippen molar-refractivity contribution in [3.8, 4) is 0 Å². The fourth-order valence-corrected chi connectivity index (χ4v) is 4.35. The summed E-state index contributed by atoms with van der Waals surface area (Å²) in [6.07, 6.45) is 1.99. The molecule has 0 radical (unpaired) electrons. The van der Waals surface area contributed by atoms with E-state index < -0.39 is 35.8 Å². The molecule has 1 heterocycles. The molecule has 2 amide bonds. The van der Waals surface area contributed by atoms with Crippen LogP contribution in [0.2, 0.25) is 5.02 Å². The maximum Gasteiger partial charge on any atom is 0.412 e. The summed E-state index contributed by atoms with van der Waals surface area (Å²) in [5.41, 5.74) is 9.21. The first-order valence-electron chi connectivity index (χ1n) is 13.8. The highest BCUT2D eigenvalue weighted by Crippen LogP contribution is 2.21. The number of esters is 1. The number of pyridine rings is 1. The zero-order valence-corrected chi connectivity index (χ0v) is 25.0. The Morgan fingerprint density at radius 2 is 1.84 bits per heavy atom. The van der Waals surface area contributed by atoms with Gasteiger partial charge in [-0.3, -0.25) is 19.9 Å². The first-order valence-corrected chi connectivity index (χ1v) is 14.2. The molecule has 0 aliphatic rings. The van der Waals surface area contributed by atoms with E-state index in [1.807, 2.05) is 13.8 Å². The molecule has 0 unspecified atom stereocenters. The molecule has 1 aromatic heterocycles. The minimum absolute atomic E-state index is 0.0289. The molecule has 3 aromatic rings. The zero-order valence-electron chi connectivity index (χ0n) is 24.2. The number of hydrazine groups is 1. The van der Waals surface area contributed by atoms with E-state index in [2.05, 4.69) is 15.7 Å². The van der Waals surface area contributed by atoms with Gasteiger partial charge in [0, 0.05) is 25.1 Å². The molecule has 3 rings (SSSR count). The number of halogens is 3. The van der Waals surface area contributed by atoms with E-state index in [0.29, 0.717) is 35.6 Å². The molecular weight excluding hydrogens is 584 g/mol. The summed E-state index contributed by atoms with van der Waals surface area (Å²) in [5, 5.41) is 4.97. The molecule has 4 N–H and O–H groups in total. The molecule has 0 saturated carbocycles. The number of benzene rings is 2. The topological polar surface area (TPSA) is 136 Å². The maximum absolute atomic E-state index is 13.9. The van der Waals surface area contributed by atoms with Gasteiger partial charge in [0.25, 0.3) is 0 Å². The normalized spacial score (nSPS) is 12.6. The third-order valence-electron chi connectivity index (χ3n) is 6.66. The maximum atomic E-state index is 13.9. The molecule has 0 spiro atoms. The molecule has 0 aliphatic carbocycles. The Morgan fingerprint density at radius 3 is 2.56 bits per heavy atom. The van der Waals surface area contributed by atoms with Crippen molar-refractivity contribution in [2.45, 2.75) is 58.7 Å². The summed E-state index contributed by atoms with van der Waals surface area (Å²) in [7, 11) is 0. The predicted molar refractivity (Wildman–Crippen MR) is 159 cm³/mol. The fraction of sp³-hybridized carbons (Fsp3) is 0.400. The van der Waals surface area contributed by atoms with Crippen molar-refractivity contribution >= 4 is 46.2 Å². The van der Waals surface area contributed by atoms with Crippen molar-refractivity contribution < 1.29 is 32.6 Å². The lowest BCUT2D eigenvalue weighted by atomic mass is 10.1. The third kappa shape index (κ3) is 10.1. The van der Waals surface area contributed by atoms with Gasteiger partial charge in [0.15, 0.2) is 0 Å². The number of ether oxygens (including phenoxy) is 2. The van der Waals surface area contributed by atoms with Gasteiger partial charge in [0.2, 0.25) is 5.91 Å². The van der Waals surface area contributed by atoms with Crippen LogP contribution in [-0.2, 0) is 25.6 Å². The molecule has 0 aliphatic heterocycles. The average molecular weight is 620 g/mol. The van der Waals surface area contributed by atoms with Gasteiger partial charge in [-0.15, -0.1) is 0 Å². The van der Waals surface area contributed by atoms with Gasteiger partial charge in [-0.2, -0.15) is 0 Å². The molecule has 0 saturated heterocycles. The fourth-order valence-electron chi connectivity index (χ4n) is 4.16. The number of fused-ring (bicyclic) bond motifs is 1. The number of nitrogens with zero attached hydrogens (tertiary/aromatic N) is 2. The Balaban J connectivity index is 1.65. The lowest BCUT2D eigenvalue weighted by Gasteiger charge is -2.31. The number of hydrogen-bond donors (Lipinski definition) is 3. The van der Waals surface area contributed by atoms with Crippen LogP contribution in [0.5, 0.6) is 0 Å². The van der Waals surface area contributed by atoms with Crippen LogP contribution in [0.1, 0.15) is 45.6 Å². The zero-order chi connectivity index (χ0) is 31.5. The average Bonchev–Trinajstić information content (AvgIpc) is 2.96. The van der Waals surface area contributed by atoms with Gasteiger partial charge in [-0.1, -0.05) is 37.6 Å². The summed E-state index contributed by atoms with van der Waals surface area (Å²) in [4.78, 5) is 41.5. The van der Waals surface area contributed by atoms with E-state index in [9.17, 15) is 23.2 Å². The molecular formula is C30H36ClF2N5O5. The Hall–Kier alpha value is -3.87. The third-order valence-corrected chi connectivity index (χ3v) is 7.09. The van der Waals surface area contributed by atoms with E-state index in [1.165, 1.54) is 48.5 Å². The van der Waals surface area contributed by atoms with Gasteiger partial charge in [0.1, 0.15) is 30.1 Å². The SMILES string of the molecule is CC(=O)N(NCc1cccc(F)c1Cl)[C@@H](CCCCOC(=O)[C@@H](N)C(C)C)COC(=O)Nc1cc2cc(F)ccc2cn1. The van der Waals surface area contributed by atoms with Crippen LogP contribution >= 0.6 is 11.6 Å². The lowest BCUT2D eigenvalue weighted by Crippen LogP contribution is -2.50. The Labute approximate surface area is 253 Å². The van der Waals surface area contributed by atoms with Crippen LogP contribution in [0.4, 0.5) is 19.4 Å². The van der Waals surface area contributed by atoms with E-state index in [1.54, 1.807) is 12.1 Å². The first-order chi connectivity index (χ1) is 20.5. The molecule has 2 aromatic carbocycles. The van der Waals surface area contributed by atoms with E-state index in [4.69, 9.17) is 26.8 Å². The minimum atomic E-state index is -0.832. The molecule has 13 heteroatoms. The largest absolute Gasteiger partial charge is 0.465 e. The van der Waals surface area contributed by atoms with Crippen LogP contribution in [0.3, 0.4) is 0 Å². The van der Waals surface area contributed by atoms with E-state index >= 15 is 0 Å². The Bertz CT molecular complexity index is 1430. The number of nitrogens with two attached hydrogens (primary N) is 1. The molecule has 0 bridgehead atoms. The number of rotatable bonds is 14. The second-order valence-corrected chi connectivity index (χ2v) is 10.7. The number of amides is 2. The van der Waals surface area contributed by atoms with Crippen molar-refractivity contribution in [1.29, 1.82) is 0 Å². The number of carbonyl (C=O) groups excluding carboxylic acids is 3. The van der Waals surface area contributed by atoms with Crippen molar-refractivity contribution in [1.82, 2.24) is 15.4 Å². The van der Waals surface area contributed by atoms with Crippen molar-refractivity contribution in [3.05, 3.63) is 70.9 Å². The Morgan fingerprint density at radius 1 is 1.07 bits per heavy atom. The lowest BCUT2D eigenvalue weighted by molar-refractivity contribution is -0.146. The number of nitrogens with one attached hydrogen (secondary N) is 2. The van der Waals surface area contributed by atoms with Gasteiger partial charge in [-0.05, 0) is 66.5 Å².